The number of nitrogens with one attached hydrogen (secondary N) is 2. The highest BCUT2D eigenvalue weighted by atomic mass is 32.2. The van der Waals surface area contributed by atoms with Crippen molar-refractivity contribution in [2.24, 2.45) is 0 Å². The Hall–Kier alpha value is -2.72. The summed E-state index contributed by atoms with van der Waals surface area (Å²) in [7, 11) is -7.09. The fourth-order valence-corrected chi connectivity index (χ4v) is 7.09. The van der Waals surface area contributed by atoms with Crippen molar-refractivity contribution in [2.45, 2.75) is 128 Å². The average molecular weight is 651 g/mol. The SMILES string of the molecule is CC(C)S(=O)(=O)C(C)(C)C(=O)Nc1ccc(C(C)(C)C)cc1.CC(C)S(=O)(=O)C(C)(C)C(=O)Nc1cccc(C(C)(C)C)c1. The molecule has 0 aliphatic heterocycles. The largest absolute Gasteiger partial charge is 0.325 e. The lowest BCUT2D eigenvalue weighted by molar-refractivity contribution is -0.118. The minimum atomic E-state index is -3.55. The molecule has 2 N–H and O–H groups in total. The molecule has 0 aromatic heterocycles. The predicted molar refractivity (Wildman–Crippen MR) is 184 cm³/mol. The minimum absolute atomic E-state index is 0.0305. The first-order valence-corrected chi connectivity index (χ1v) is 18.0. The monoisotopic (exact) mass is 650 g/mol. The lowest BCUT2D eigenvalue weighted by atomic mass is 9.87. The van der Waals surface area contributed by atoms with Crippen LogP contribution in [0.4, 0.5) is 11.4 Å². The Labute approximate surface area is 266 Å². The summed E-state index contributed by atoms with van der Waals surface area (Å²) in [6.45, 7) is 24.7. The number of hydrogen-bond acceptors (Lipinski definition) is 6. The second kappa shape index (κ2) is 13.7. The molecule has 2 aromatic rings. The highest BCUT2D eigenvalue weighted by molar-refractivity contribution is 7.94. The molecule has 0 spiro atoms. The molecule has 8 nitrogen and oxygen atoms in total. The molecular formula is C34H54N2O6S2. The molecule has 0 atom stereocenters. The first-order valence-electron chi connectivity index (χ1n) is 14.9. The molecule has 0 unspecified atom stereocenters. The summed E-state index contributed by atoms with van der Waals surface area (Å²) >= 11 is 0. The average Bonchev–Trinajstić information content (AvgIpc) is 2.88. The Morgan fingerprint density at radius 2 is 0.909 bits per heavy atom. The Morgan fingerprint density at radius 3 is 1.25 bits per heavy atom. The second-order valence-corrected chi connectivity index (χ2v) is 20.9. The van der Waals surface area contributed by atoms with Crippen LogP contribution in [0.3, 0.4) is 0 Å². The van der Waals surface area contributed by atoms with Crippen LogP contribution < -0.4 is 10.6 Å². The molecule has 44 heavy (non-hydrogen) atoms. The van der Waals surface area contributed by atoms with Gasteiger partial charge < -0.3 is 10.6 Å². The fraction of sp³-hybridized carbons (Fsp3) is 0.588. The highest BCUT2D eigenvalue weighted by Gasteiger charge is 2.44. The van der Waals surface area contributed by atoms with Gasteiger partial charge in [0.1, 0.15) is 9.49 Å². The van der Waals surface area contributed by atoms with E-state index in [4.69, 9.17) is 0 Å². The van der Waals surface area contributed by atoms with Crippen LogP contribution in [0.2, 0.25) is 0 Å². The molecule has 0 aliphatic carbocycles. The number of carbonyl (C=O) groups excluding carboxylic acids is 2. The molecule has 0 fully saturated rings. The van der Waals surface area contributed by atoms with Crippen molar-refractivity contribution in [1.82, 2.24) is 0 Å². The first kappa shape index (κ1) is 39.3. The van der Waals surface area contributed by atoms with Gasteiger partial charge in [-0.05, 0) is 102 Å². The van der Waals surface area contributed by atoms with Gasteiger partial charge in [-0.1, -0.05) is 65.8 Å². The molecule has 2 aromatic carbocycles. The number of amides is 2. The number of anilines is 2. The summed E-state index contributed by atoms with van der Waals surface area (Å²) < 4.78 is 46.4. The van der Waals surface area contributed by atoms with Crippen molar-refractivity contribution >= 4 is 42.9 Å². The molecule has 0 saturated heterocycles. The van der Waals surface area contributed by atoms with Gasteiger partial charge in [-0.3, -0.25) is 9.59 Å². The maximum atomic E-state index is 12.5. The van der Waals surface area contributed by atoms with E-state index in [1.807, 2.05) is 30.3 Å². The van der Waals surface area contributed by atoms with Gasteiger partial charge in [-0.25, -0.2) is 16.8 Å². The Balaban J connectivity index is 0.000000440. The molecule has 0 bridgehead atoms. The molecule has 0 aliphatic rings. The standard InChI is InChI=1S/2C17H27NO3S/c1-12(2)22(20,21)17(6,7)15(19)18-14-10-8-13(9-11-14)16(3,4)5;1-12(2)22(20,21)17(6,7)15(19)18-14-10-8-9-13(11-14)16(3,4)5/h2*8-12H,1-7H3,(H,18,19). The summed E-state index contributed by atoms with van der Waals surface area (Å²) in [5, 5.41) is 4.24. The van der Waals surface area contributed by atoms with Crippen molar-refractivity contribution in [3.8, 4) is 0 Å². The van der Waals surface area contributed by atoms with Gasteiger partial charge in [0.2, 0.25) is 11.8 Å². The van der Waals surface area contributed by atoms with E-state index in [0.717, 1.165) is 11.1 Å². The minimum Gasteiger partial charge on any atom is -0.325 e. The van der Waals surface area contributed by atoms with Crippen molar-refractivity contribution in [1.29, 1.82) is 0 Å². The van der Waals surface area contributed by atoms with Crippen LogP contribution in [0.5, 0.6) is 0 Å². The van der Waals surface area contributed by atoms with Gasteiger partial charge >= 0.3 is 0 Å². The maximum Gasteiger partial charge on any atom is 0.245 e. The van der Waals surface area contributed by atoms with Crippen LogP contribution in [0.1, 0.15) is 108 Å². The number of carbonyl (C=O) groups is 2. The van der Waals surface area contributed by atoms with Crippen LogP contribution in [-0.4, -0.2) is 48.6 Å². The summed E-state index contributed by atoms with van der Waals surface area (Å²) in [6, 6.07) is 15.0. The van der Waals surface area contributed by atoms with E-state index in [0.29, 0.717) is 11.4 Å². The number of benzene rings is 2. The van der Waals surface area contributed by atoms with Crippen LogP contribution >= 0.6 is 0 Å². The predicted octanol–water partition coefficient (Wildman–Crippen LogP) is 7.05. The highest BCUT2D eigenvalue weighted by Crippen LogP contribution is 2.28. The summed E-state index contributed by atoms with van der Waals surface area (Å²) in [5.41, 5.74) is 3.44. The first-order chi connectivity index (χ1) is 19.6. The van der Waals surface area contributed by atoms with Gasteiger partial charge in [0.25, 0.3) is 0 Å². The summed E-state index contributed by atoms with van der Waals surface area (Å²) in [5.74, 6) is -1.02. The van der Waals surface area contributed by atoms with Crippen LogP contribution in [-0.2, 0) is 40.1 Å². The maximum absolute atomic E-state index is 12.5. The van der Waals surface area contributed by atoms with E-state index in [9.17, 15) is 26.4 Å². The van der Waals surface area contributed by atoms with E-state index >= 15 is 0 Å². The van der Waals surface area contributed by atoms with E-state index in [1.165, 1.54) is 27.7 Å². The molecule has 2 amide bonds. The normalized spacial score (nSPS) is 13.3. The van der Waals surface area contributed by atoms with Crippen molar-refractivity contribution in [3.63, 3.8) is 0 Å². The fourth-order valence-electron chi connectivity index (χ4n) is 4.12. The molecule has 2 rings (SSSR count). The smallest absolute Gasteiger partial charge is 0.245 e. The summed E-state index contributed by atoms with van der Waals surface area (Å²) in [4.78, 5) is 24.8. The van der Waals surface area contributed by atoms with Crippen molar-refractivity contribution in [3.05, 3.63) is 59.7 Å². The van der Waals surface area contributed by atoms with Crippen molar-refractivity contribution in [2.75, 3.05) is 10.6 Å². The van der Waals surface area contributed by atoms with Crippen LogP contribution in [0, 0.1) is 0 Å². The van der Waals surface area contributed by atoms with E-state index in [1.54, 1.807) is 45.9 Å². The Bertz CT molecular complexity index is 1520. The molecule has 0 heterocycles. The summed E-state index contributed by atoms with van der Waals surface area (Å²) in [6.07, 6.45) is 0. The zero-order valence-electron chi connectivity index (χ0n) is 29.0. The second-order valence-electron chi connectivity index (χ2n) is 14.8. The van der Waals surface area contributed by atoms with Crippen molar-refractivity contribution < 1.29 is 26.4 Å². The third-order valence-electron chi connectivity index (χ3n) is 7.75. The molecular weight excluding hydrogens is 597 g/mol. The Morgan fingerprint density at radius 1 is 0.545 bits per heavy atom. The number of hydrogen-bond donors (Lipinski definition) is 2. The van der Waals surface area contributed by atoms with E-state index in [2.05, 4.69) is 52.2 Å². The Kier molecular flexibility index (Phi) is 12.3. The zero-order valence-corrected chi connectivity index (χ0v) is 30.7. The van der Waals surface area contributed by atoms with Gasteiger partial charge in [0.15, 0.2) is 19.7 Å². The lowest BCUT2D eigenvalue weighted by Crippen LogP contribution is -2.47. The molecule has 10 heteroatoms. The van der Waals surface area contributed by atoms with Gasteiger partial charge in [-0.15, -0.1) is 0 Å². The molecule has 248 valence electrons. The van der Waals surface area contributed by atoms with Crippen LogP contribution in [0.15, 0.2) is 48.5 Å². The van der Waals surface area contributed by atoms with Gasteiger partial charge in [0, 0.05) is 11.4 Å². The lowest BCUT2D eigenvalue weighted by Gasteiger charge is -2.26. The van der Waals surface area contributed by atoms with Gasteiger partial charge in [0.05, 0.1) is 10.5 Å². The number of rotatable bonds is 8. The third-order valence-corrected chi connectivity index (χ3v) is 13.5. The molecule has 0 saturated carbocycles. The third kappa shape index (κ3) is 9.16. The van der Waals surface area contributed by atoms with E-state index in [-0.39, 0.29) is 10.8 Å². The molecule has 0 radical (unpaired) electrons. The number of sulfone groups is 2. The van der Waals surface area contributed by atoms with Gasteiger partial charge in [-0.2, -0.15) is 0 Å². The quantitative estimate of drug-likeness (QED) is 0.315. The topological polar surface area (TPSA) is 126 Å². The van der Waals surface area contributed by atoms with E-state index < -0.39 is 51.5 Å². The zero-order chi connectivity index (χ0) is 34.7. The van der Waals surface area contributed by atoms with Crippen LogP contribution in [0.25, 0.3) is 0 Å².